The van der Waals surface area contributed by atoms with Crippen LogP contribution in [-0.2, 0) is 0 Å². The van der Waals surface area contributed by atoms with Crippen LogP contribution in [0, 0.1) is 6.92 Å². The summed E-state index contributed by atoms with van der Waals surface area (Å²) in [5, 5.41) is 9.58. The van der Waals surface area contributed by atoms with Crippen molar-refractivity contribution < 1.29 is 9.84 Å². The van der Waals surface area contributed by atoms with Crippen LogP contribution in [0.2, 0.25) is 0 Å². The highest BCUT2D eigenvalue weighted by atomic mass is 79.9. The number of halogens is 2. The second-order valence-electron chi connectivity index (χ2n) is 4.37. The van der Waals surface area contributed by atoms with Crippen molar-refractivity contribution in [2.45, 2.75) is 20.0 Å². The Balaban J connectivity index is 2.26. The van der Waals surface area contributed by atoms with E-state index in [4.69, 9.17) is 4.74 Å². The predicted octanol–water partition coefficient (Wildman–Crippen LogP) is 5.37. The minimum absolute atomic E-state index is 0.502. The van der Waals surface area contributed by atoms with E-state index in [0.29, 0.717) is 0 Å². The zero-order chi connectivity index (χ0) is 14.0. The fourth-order valence-corrected chi connectivity index (χ4v) is 2.93. The van der Waals surface area contributed by atoms with Gasteiger partial charge < -0.3 is 9.84 Å². The minimum atomic E-state index is -0.502. The second kappa shape index (κ2) is 6.07. The minimum Gasteiger partial charge on any atom is -0.457 e. The van der Waals surface area contributed by atoms with Gasteiger partial charge in [0.2, 0.25) is 0 Å². The van der Waals surface area contributed by atoms with Gasteiger partial charge in [-0.2, -0.15) is 0 Å². The van der Waals surface area contributed by atoms with Crippen molar-refractivity contribution in [2.24, 2.45) is 0 Å². The van der Waals surface area contributed by atoms with E-state index >= 15 is 0 Å². The summed E-state index contributed by atoms with van der Waals surface area (Å²) in [6.07, 6.45) is -0.502. The Labute approximate surface area is 129 Å². The van der Waals surface area contributed by atoms with E-state index in [9.17, 15) is 5.11 Å². The Kier molecular flexibility index (Phi) is 4.66. The molecule has 1 N–H and O–H groups in total. The van der Waals surface area contributed by atoms with Gasteiger partial charge in [0.15, 0.2) is 0 Å². The van der Waals surface area contributed by atoms with Gasteiger partial charge in [-0.05, 0) is 55.3 Å². The number of aliphatic hydroxyl groups excluding tert-OH is 1. The van der Waals surface area contributed by atoms with Gasteiger partial charge in [-0.3, -0.25) is 0 Å². The van der Waals surface area contributed by atoms with Crippen molar-refractivity contribution >= 4 is 31.9 Å². The number of hydrogen-bond acceptors (Lipinski definition) is 2. The van der Waals surface area contributed by atoms with Crippen molar-refractivity contribution in [1.82, 2.24) is 0 Å². The summed E-state index contributed by atoms with van der Waals surface area (Å²) in [6, 6.07) is 11.5. The molecule has 0 amide bonds. The summed E-state index contributed by atoms with van der Waals surface area (Å²) in [6.45, 7) is 3.73. The molecule has 0 aliphatic carbocycles. The van der Waals surface area contributed by atoms with Crippen molar-refractivity contribution in [1.29, 1.82) is 0 Å². The summed E-state index contributed by atoms with van der Waals surface area (Å²) < 4.78 is 7.72. The Morgan fingerprint density at radius 1 is 1.11 bits per heavy atom. The van der Waals surface area contributed by atoms with Crippen molar-refractivity contribution in [2.75, 3.05) is 0 Å². The number of benzene rings is 2. The molecule has 2 rings (SSSR count). The largest absolute Gasteiger partial charge is 0.457 e. The molecule has 0 spiro atoms. The van der Waals surface area contributed by atoms with Crippen LogP contribution < -0.4 is 4.74 Å². The SMILES string of the molecule is Cc1cc(Br)ccc1Oc1ccc([C@H](C)O)c(Br)c1. The standard InChI is InChI=1S/C15H14Br2O2/c1-9-7-11(16)3-6-15(9)19-12-4-5-13(10(2)18)14(17)8-12/h3-8,10,18H,1-2H3/t10-/m0/s1. The lowest BCUT2D eigenvalue weighted by molar-refractivity contribution is 0.198. The molecule has 1 atom stereocenters. The molecule has 0 radical (unpaired) electrons. The Bertz CT molecular complexity index is 595. The first kappa shape index (κ1) is 14.6. The molecular formula is C15H14Br2O2. The highest BCUT2D eigenvalue weighted by molar-refractivity contribution is 9.10. The average molecular weight is 386 g/mol. The van der Waals surface area contributed by atoms with Crippen LogP contribution in [0.15, 0.2) is 45.3 Å². The maximum Gasteiger partial charge on any atom is 0.130 e. The average Bonchev–Trinajstić information content (AvgIpc) is 2.32. The van der Waals surface area contributed by atoms with E-state index in [2.05, 4.69) is 31.9 Å². The summed E-state index contributed by atoms with van der Waals surface area (Å²) in [5.41, 5.74) is 1.91. The first-order valence-electron chi connectivity index (χ1n) is 5.89. The molecule has 0 aromatic heterocycles. The van der Waals surface area contributed by atoms with Gasteiger partial charge in [0.05, 0.1) is 6.10 Å². The Morgan fingerprint density at radius 3 is 2.42 bits per heavy atom. The summed E-state index contributed by atoms with van der Waals surface area (Å²) in [4.78, 5) is 0. The smallest absolute Gasteiger partial charge is 0.130 e. The number of ether oxygens (including phenoxy) is 1. The van der Waals surface area contributed by atoms with Crippen LogP contribution in [0.25, 0.3) is 0 Å². The quantitative estimate of drug-likeness (QED) is 0.769. The monoisotopic (exact) mass is 384 g/mol. The van der Waals surface area contributed by atoms with E-state index in [0.717, 1.165) is 31.6 Å². The molecule has 2 aromatic rings. The lowest BCUT2D eigenvalue weighted by Gasteiger charge is -2.12. The van der Waals surface area contributed by atoms with Gasteiger partial charge in [0, 0.05) is 8.95 Å². The third-order valence-electron chi connectivity index (χ3n) is 2.79. The molecule has 19 heavy (non-hydrogen) atoms. The molecule has 0 bridgehead atoms. The fourth-order valence-electron chi connectivity index (χ4n) is 1.76. The van der Waals surface area contributed by atoms with Crippen LogP contribution >= 0.6 is 31.9 Å². The van der Waals surface area contributed by atoms with Crippen molar-refractivity contribution in [3.05, 3.63) is 56.5 Å². The van der Waals surface area contributed by atoms with E-state index in [1.165, 1.54) is 0 Å². The van der Waals surface area contributed by atoms with Crippen molar-refractivity contribution in [3.63, 3.8) is 0 Å². The normalized spacial score (nSPS) is 12.3. The molecule has 2 aromatic carbocycles. The van der Waals surface area contributed by atoms with Crippen LogP contribution in [-0.4, -0.2) is 5.11 Å². The molecule has 0 saturated carbocycles. The van der Waals surface area contributed by atoms with Gasteiger partial charge in [-0.25, -0.2) is 0 Å². The van der Waals surface area contributed by atoms with Gasteiger partial charge in [0.25, 0.3) is 0 Å². The molecule has 4 heteroatoms. The molecule has 2 nitrogen and oxygen atoms in total. The molecular weight excluding hydrogens is 372 g/mol. The number of aliphatic hydroxyl groups is 1. The maximum atomic E-state index is 9.58. The molecule has 100 valence electrons. The Morgan fingerprint density at radius 2 is 1.84 bits per heavy atom. The lowest BCUT2D eigenvalue weighted by Crippen LogP contribution is -1.94. The van der Waals surface area contributed by atoms with Gasteiger partial charge in [-0.1, -0.05) is 37.9 Å². The second-order valence-corrected chi connectivity index (χ2v) is 6.14. The highest BCUT2D eigenvalue weighted by Gasteiger charge is 2.08. The topological polar surface area (TPSA) is 29.5 Å². The Hall–Kier alpha value is -0.840. The van der Waals surface area contributed by atoms with Gasteiger partial charge in [-0.15, -0.1) is 0 Å². The van der Waals surface area contributed by atoms with E-state index < -0.39 is 6.10 Å². The van der Waals surface area contributed by atoms with Crippen LogP contribution in [0.1, 0.15) is 24.2 Å². The molecule has 0 fully saturated rings. The van der Waals surface area contributed by atoms with Gasteiger partial charge in [0.1, 0.15) is 11.5 Å². The molecule has 0 aliphatic heterocycles. The first-order valence-corrected chi connectivity index (χ1v) is 7.47. The fraction of sp³-hybridized carbons (Fsp3) is 0.200. The zero-order valence-electron chi connectivity index (χ0n) is 10.7. The summed E-state index contributed by atoms with van der Waals surface area (Å²) >= 11 is 6.87. The van der Waals surface area contributed by atoms with Crippen LogP contribution in [0.3, 0.4) is 0 Å². The maximum absolute atomic E-state index is 9.58. The predicted molar refractivity (Wildman–Crippen MR) is 83.7 cm³/mol. The highest BCUT2D eigenvalue weighted by Crippen LogP contribution is 2.32. The van der Waals surface area contributed by atoms with Crippen LogP contribution in [0.5, 0.6) is 11.5 Å². The third-order valence-corrected chi connectivity index (χ3v) is 3.97. The number of hydrogen-bond donors (Lipinski definition) is 1. The van der Waals surface area contributed by atoms with Gasteiger partial charge >= 0.3 is 0 Å². The van der Waals surface area contributed by atoms with E-state index in [1.54, 1.807) is 6.92 Å². The molecule has 0 saturated heterocycles. The molecule has 0 unspecified atom stereocenters. The van der Waals surface area contributed by atoms with E-state index in [-0.39, 0.29) is 0 Å². The summed E-state index contributed by atoms with van der Waals surface area (Å²) in [7, 11) is 0. The lowest BCUT2D eigenvalue weighted by atomic mass is 10.1. The van der Waals surface area contributed by atoms with Crippen LogP contribution in [0.4, 0.5) is 0 Å². The third kappa shape index (κ3) is 3.59. The van der Waals surface area contributed by atoms with Crippen molar-refractivity contribution in [3.8, 4) is 11.5 Å². The zero-order valence-corrected chi connectivity index (χ0v) is 13.8. The molecule has 0 aliphatic rings. The molecule has 0 heterocycles. The van der Waals surface area contributed by atoms with E-state index in [1.807, 2.05) is 43.3 Å². The summed E-state index contributed by atoms with van der Waals surface area (Å²) in [5.74, 6) is 1.56. The number of aryl methyl sites for hydroxylation is 1. The number of rotatable bonds is 3. The first-order chi connectivity index (χ1) is 8.97.